The number of hydrogen-bond donors (Lipinski definition) is 2. The maximum absolute atomic E-state index is 4.76. The van der Waals surface area contributed by atoms with Gasteiger partial charge in [-0.2, -0.15) is 0 Å². The minimum atomic E-state index is -0.0438. The maximum Gasteiger partial charge on any atom is 0.191 e. The number of para-hydroxylation sites is 1. The Morgan fingerprint density at radius 3 is 2.64 bits per heavy atom. The van der Waals surface area contributed by atoms with Gasteiger partial charge >= 0.3 is 0 Å². The number of aromatic nitrogens is 3. The fourth-order valence-electron chi connectivity index (χ4n) is 2.84. The van der Waals surface area contributed by atoms with E-state index >= 15 is 0 Å². The Morgan fingerprint density at radius 1 is 1.21 bits per heavy atom. The minimum absolute atomic E-state index is 0.0438. The van der Waals surface area contributed by atoms with Crippen molar-refractivity contribution in [2.24, 2.45) is 4.99 Å². The van der Waals surface area contributed by atoms with E-state index in [0.717, 1.165) is 50.8 Å². The van der Waals surface area contributed by atoms with Gasteiger partial charge in [0.15, 0.2) is 5.96 Å². The summed E-state index contributed by atoms with van der Waals surface area (Å²) in [5, 5.41) is 15.0. The number of nitrogens with one attached hydrogen (secondary N) is 2. The minimum Gasteiger partial charge on any atom is -0.375 e. The summed E-state index contributed by atoms with van der Waals surface area (Å²) in [4.78, 5) is 7.03. The van der Waals surface area contributed by atoms with Gasteiger partial charge in [0.1, 0.15) is 12.2 Å². The van der Waals surface area contributed by atoms with Crippen LogP contribution < -0.4 is 15.5 Å². The van der Waals surface area contributed by atoms with Crippen molar-refractivity contribution in [3.8, 4) is 0 Å². The lowest BCUT2D eigenvalue weighted by atomic mass is 10.1. The Hall–Kier alpha value is -2.57. The molecule has 0 saturated carbocycles. The number of aryl methyl sites for hydroxylation is 1. The number of guanidine groups is 1. The molecule has 0 radical (unpaired) electrons. The van der Waals surface area contributed by atoms with Crippen LogP contribution in [0.4, 0.5) is 5.69 Å². The van der Waals surface area contributed by atoms with Crippen molar-refractivity contribution in [1.82, 2.24) is 25.4 Å². The molecule has 154 valence electrons. The van der Waals surface area contributed by atoms with Gasteiger partial charge in [-0.25, -0.2) is 0 Å². The van der Waals surface area contributed by atoms with Crippen LogP contribution in [0.2, 0.25) is 0 Å². The van der Waals surface area contributed by atoms with Crippen LogP contribution in [0.1, 0.15) is 39.9 Å². The van der Waals surface area contributed by atoms with Crippen molar-refractivity contribution in [2.75, 3.05) is 31.6 Å². The Balaban J connectivity index is 1.83. The third-order valence-electron chi connectivity index (χ3n) is 4.27. The summed E-state index contributed by atoms with van der Waals surface area (Å²) in [6.45, 7) is 11.8. The molecule has 2 N–H and O–H groups in total. The predicted molar refractivity (Wildman–Crippen MR) is 117 cm³/mol. The number of rotatable bonds is 9. The fraction of sp³-hybridized carbons (Fsp3) is 0.571. The molecule has 0 amide bonds. The lowest BCUT2D eigenvalue weighted by Gasteiger charge is -2.24. The molecular weight excluding hydrogens is 350 g/mol. The molecule has 28 heavy (non-hydrogen) atoms. The van der Waals surface area contributed by atoms with Crippen molar-refractivity contribution in [3.05, 3.63) is 42.5 Å². The topological polar surface area (TPSA) is 70.4 Å². The highest BCUT2D eigenvalue weighted by Crippen LogP contribution is 2.10. The average molecular weight is 386 g/mol. The highest BCUT2D eigenvalue weighted by atomic mass is 15.3. The monoisotopic (exact) mass is 385 g/mol. The maximum atomic E-state index is 4.76. The molecule has 2 rings (SSSR count). The van der Waals surface area contributed by atoms with E-state index in [1.165, 1.54) is 5.69 Å². The SMILES string of the molecule is CCc1nncn1CCNC(=NCCCN(C)c1ccccc1)NC(C)(C)C. The van der Waals surface area contributed by atoms with E-state index in [4.69, 9.17) is 4.99 Å². The second-order valence-corrected chi connectivity index (χ2v) is 7.94. The fourth-order valence-corrected chi connectivity index (χ4v) is 2.84. The highest BCUT2D eigenvalue weighted by Gasteiger charge is 2.12. The van der Waals surface area contributed by atoms with Crippen molar-refractivity contribution >= 4 is 11.6 Å². The normalized spacial score (nSPS) is 12.1. The van der Waals surface area contributed by atoms with Gasteiger partial charge in [0.05, 0.1) is 0 Å². The number of anilines is 1. The van der Waals surface area contributed by atoms with Gasteiger partial charge in [-0.3, -0.25) is 4.99 Å². The highest BCUT2D eigenvalue weighted by molar-refractivity contribution is 5.80. The quantitative estimate of drug-likeness (QED) is 0.395. The van der Waals surface area contributed by atoms with Gasteiger partial charge in [-0.15, -0.1) is 10.2 Å². The molecule has 1 aromatic heterocycles. The molecular formula is C21H35N7. The van der Waals surface area contributed by atoms with Gasteiger partial charge in [0.25, 0.3) is 0 Å². The molecule has 0 aliphatic rings. The smallest absolute Gasteiger partial charge is 0.191 e. The molecule has 2 aromatic rings. The zero-order chi connectivity index (χ0) is 20.4. The van der Waals surface area contributed by atoms with Crippen LogP contribution in [0, 0.1) is 0 Å². The molecule has 0 fully saturated rings. The third kappa shape index (κ3) is 7.58. The average Bonchev–Trinajstić information content (AvgIpc) is 3.12. The summed E-state index contributed by atoms with van der Waals surface area (Å²) in [7, 11) is 2.12. The number of nitrogens with zero attached hydrogens (tertiary/aromatic N) is 5. The molecule has 0 unspecified atom stereocenters. The van der Waals surface area contributed by atoms with Gasteiger partial charge in [-0.1, -0.05) is 25.1 Å². The van der Waals surface area contributed by atoms with E-state index in [0.29, 0.717) is 0 Å². The predicted octanol–water partition coefficient (Wildman–Crippen LogP) is 2.70. The Kier molecular flexibility index (Phi) is 8.29. The summed E-state index contributed by atoms with van der Waals surface area (Å²) in [5.41, 5.74) is 1.19. The van der Waals surface area contributed by atoms with E-state index in [-0.39, 0.29) is 5.54 Å². The van der Waals surface area contributed by atoms with Gasteiger partial charge in [-0.05, 0) is 39.3 Å². The summed E-state index contributed by atoms with van der Waals surface area (Å²) in [6.07, 6.45) is 3.66. The van der Waals surface area contributed by atoms with Crippen LogP contribution in [0.25, 0.3) is 0 Å². The zero-order valence-corrected chi connectivity index (χ0v) is 17.9. The van der Waals surface area contributed by atoms with Crippen LogP contribution in [-0.4, -0.2) is 52.9 Å². The molecule has 0 atom stereocenters. The molecule has 7 heteroatoms. The van der Waals surface area contributed by atoms with Crippen LogP contribution in [0.3, 0.4) is 0 Å². The van der Waals surface area contributed by atoms with E-state index in [1.54, 1.807) is 6.33 Å². The van der Waals surface area contributed by atoms with Crippen LogP contribution >= 0.6 is 0 Å². The third-order valence-corrected chi connectivity index (χ3v) is 4.27. The molecule has 0 bridgehead atoms. The van der Waals surface area contributed by atoms with Crippen molar-refractivity contribution < 1.29 is 0 Å². The second kappa shape index (κ2) is 10.7. The molecule has 0 aliphatic heterocycles. The van der Waals surface area contributed by atoms with Crippen LogP contribution in [0.15, 0.2) is 41.7 Å². The lowest BCUT2D eigenvalue weighted by molar-refractivity contribution is 0.497. The first-order valence-electron chi connectivity index (χ1n) is 10.1. The largest absolute Gasteiger partial charge is 0.375 e. The summed E-state index contributed by atoms with van der Waals surface area (Å²) < 4.78 is 2.08. The molecule has 1 heterocycles. The van der Waals surface area contributed by atoms with Gasteiger partial charge in [0, 0.05) is 50.9 Å². The van der Waals surface area contributed by atoms with Gasteiger partial charge in [0.2, 0.25) is 0 Å². The summed E-state index contributed by atoms with van der Waals surface area (Å²) in [5.74, 6) is 1.86. The number of hydrogen-bond acceptors (Lipinski definition) is 4. The van der Waals surface area contributed by atoms with Crippen molar-refractivity contribution in [3.63, 3.8) is 0 Å². The second-order valence-electron chi connectivity index (χ2n) is 7.94. The van der Waals surface area contributed by atoms with Crippen LogP contribution in [-0.2, 0) is 13.0 Å². The van der Waals surface area contributed by atoms with E-state index in [1.807, 2.05) is 6.07 Å². The Labute approximate surface area is 169 Å². The first kappa shape index (κ1) is 21.7. The van der Waals surface area contributed by atoms with Gasteiger partial charge < -0.3 is 20.1 Å². The van der Waals surface area contributed by atoms with E-state index < -0.39 is 0 Å². The molecule has 1 aromatic carbocycles. The van der Waals surface area contributed by atoms with Crippen molar-refractivity contribution in [1.29, 1.82) is 0 Å². The first-order valence-corrected chi connectivity index (χ1v) is 10.1. The Morgan fingerprint density at radius 2 is 1.96 bits per heavy atom. The van der Waals surface area contributed by atoms with E-state index in [2.05, 4.69) is 89.3 Å². The van der Waals surface area contributed by atoms with Crippen LogP contribution in [0.5, 0.6) is 0 Å². The molecule has 0 saturated heterocycles. The zero-order valence-electron chi connectivity index (χ0n) is 17.9. The molecule has 0 aliphatic carbocycles. The number of aliphatic imine (C=N–C) groups is 1. The Bertz CT molecular complexity index is 716. The first-order chi connectivity index (χ1) is 13.4. The molecule has 7 nitrogen and oxygen atoms in total. The summed E-state index contributed by atoms with van der Waals surface area (Å²) >= 11 is 0. The standard InChI is InChI=1S/C21H35N7/c1-6-19-26-24-17-28(19)16-14-23-20(25-21(2,3)4)22-13-10-15-27(5)18-11-8-7-9-12-18/h7-9,11-12,17H,6,10,13-16H2,1-5H3,(H2,22,23,25). The lowest BCUT2D eigenvalue weighted by Crippen LogP contribution is -2.48. The summed E-state index contributed by atoms with van der Waals surface area (Å²) in [6, 6.07) is 10.4. The molecule has 0 spiro atoms. The van der Waals surface area contributed by atoms with E-state index in [9.17, 15) is 0 Å². The van der Waals surface area contributed by atoms with Crippen molar-refractivity contribution in [2.45, 2.75) is 52.6 Å². The number of benzene rings is 1.